The Kier molecular flexibility index (Phi) is 6.59. The number of nitrogens with one attached hydrogen (secondary N) is 1. The summed E-state index contributed by atoms with van der Waals surface area (Å²) < 4.78 is 42.7. The van der Waals surface area contributed by atoms with Gasteiger partial charge in [-0.1, -0.05) is 42.5 Å². The molecule has 3 N–H and O–H groups in total. The van der Waals surface area contributed by atoms with Gasteiger partial charge in [0.2, 0.25) is 0 Å². The molecule has 0 aliphatic carbocycles. The Morgan fingerprint density at radius 3 is 2.23 bits per heavy atom. The Balaban J connectivity index is 1.95. The van der Waals surface area contributed by atoms with Crippen LogP contribution in [0.1, 0.15) is 22.8 Å². The van der Waals surface area contributed by atoms with E-state index in [1.807, 2.05) is 6.07 Å². The summed E-state index contributed by atoms with van der Waals surface area (Å²) in [5, 5.41) is 21.9. The first kappa shape index (κ1) is 19.7. The van der Waals surface area contributed by atoms with Crippen molar-refractivity contribution < 1.29 is 32.9 Å². The number of benzene rings is 2. The lowest BCUT2D eigenvalue weighted by Crippen LogP contribution is -2.42. The molecule has 5 nitrogen and oxygen atoms in total. The third-order valence-electron chi connectivity index (χ3n) is 3.67. The molecule has 2 atom stereocenters. The topological polar surface area (TPSA) is 78.8 Å². The average Bonchev–Trinajstić information content (AvgIpc) is 2.64. The Morgan fingerprint density at radius 2 is 1.69 bits per heavy atom. The van der Waals surface area contributed by atoms with Gasteiger partial charge in [-0.15, -0.1) is 0 Å². The molecule has 0 spiro atoms. The van der Waals surface area contributed by atoms with Crippen molar-refractivity contribution in [2.24, 2.45) is 0 Å². The van der Waals surface area contributed by atoms with E-state index in [1.54, 1.807) is 24.3 Å². The predicted molar refractivity (Wildman–Crippen MR) is 87.0 cm³/mol. The Bertz CT molecular complexity index is 705. The molecule has 0 saturated carbocycles. The summed E-state index contributed by atoms with van der Waals surface area (Å²) >= 11 is 0. The molecule has 0 aromatic heterocycles. The zero-order chi connectivity index (χ0) is 19.2. The average molecular weight is 369 g/mol. The first-order chi connectivity index (χ1) is 12.3. The second-order valence-corrected chi connectivity index (χ2v) is 5.56. The smallest absolute Gasteiger partial charge is 0.416 e. The van der Waals surface area contributed by atoms with Gasteiger partial charge in [-0.2, -0.15) is 13.2 Å². The number of hydrogen-bond donors (Lipinski definition) is 3. The minimum absolute atomic E-state index is 0.00119. The van der Waals surface area contributed by atoms with E-state index in [4.69, 9.17) is 4.74 Å². The molecule has 0 bridgehead atoms. The van der Waals surface area contributed by atoms with E-state index in [-0.39, 0.29) is 12.2 Å². The van der Waals surface area contributed by atoms with Crippen LogP contribution < -0.4 is 5.32 Å². The van der Waals surface area contributed by atoms with Crippen molar-refractivity contribution in [3.63, 3.8) is 0 Å². The third kappa shape index (κ3) is 5.47. The summed E-state index contributed by atoms with van der Waals surface area (Å²) in [6.45, 7) is -0.621. The number of alkyl carbamates (subject to hydrolysis) is 1. The van der Waals surface area contributed by atoms with E-state index in [9.17, 15) is 28.2 Å². The van der Waals surface area contributed by atoms with Gasteiger partial charge in [0.1, 0.15) is 12.7 Å². The SMILES string of the molecule is O=C(N[C@H](CO)[C@H](O)c1ccc(C(F)(F)F)cc1)OCc1ccccc1. The van der Waals surface area contributed by atoms with Crippen molar-refractivity contribution in [2.75, 3.05) is 6.61 Å². The number of aliphatic hydroxyl groups is 2. The molecule has 26 heavy (non-hydrogen) atoms. The first-order valence-electron chi connectivity index (χ1n) is 7.74. The maximum Gasteiger partial charge on any atom is 0.416 e. The number of carbonyl (C=O) groups is 1. The molecular weight excluding hydrogens is 351 g/mol. The Labute approximate surface area is 148 Å². The van der Waals surface area contributed by atoms with Crippen LogP contribution in [-0.4, -0.2) is 29.0 Å². The molecule has 0 aliphatic heterocycles. The molecule has 140 valence electrons. The van der Waals surface area contributed by atoms with E-state index in [2.05, 4.69) is 5.32 Å². The number of amides is 1. The van der Waals surface area contributed by atoms with E-state index in [0.29, 0.717) is 0 Å². The second kappa shape index (κ2) is 8.68. The number of alkyl halides is 3. The second-order valence-electron chi connectivity index (χ2n) is 5.56. The Morgan fingerprint density at radius 1 is 1.08 bits per heavy atom. The van der Waals surface area contributed by atoms with Gasteiger partial charge in [0, 0.05) is 0 Å². The normalized spacial score (nSPS) is 13.7. The zero-order valence-corrected chi connectivity index (χ0v) is 13.6. The number of carbonyl (C=O) groups excluding carboxylic acids is 1. The van der Waals surface area contributed by atoms with Crippen LogP contribution >= 0.6 is 0 Å². The molecule has 8 heteroatoms. The largest absolute Gasteiger partial charge is 0.445 e. The van der Waals surface area contributed by atoms with Crippen molar-refractivity contribution in [1.29, 1.82) is 0 Å². The monoisotopic (exact) mass is 369 g/mol. The van der Waals surface area contributed by atoms with Crippen molar-refractivity contribution in [2.45, 2.75) is 24.9 Å². The molecular formula is C18H18F3NO4. The van der Waals surface area contributed by atoms with Crippen molar-refractivity contribution >= 4 is 6.09 Å². The fourth-order valence-electron chi connectivity index (χ4n) is 2.24. The van der Waals surface area contributed by atoms with Crippen LogP contribution in [0.25, 0.3) is 0 Å². The highest BCUT2D eigenvalue weighted by Crippen LogP contribution is 2.30. The highest BCUT2D eigenvalue weighted by atomic mass is 19.4. The Hall–Kier alpha value is -2.58. The van der Waals surface area contributed by atoms with Crippen LogP contribution in [0.5, 0.6) is 0 Å². The summed E-state index contributed by atoms with van der Waals surface area (Å²) in [4.78, 5) is 11.8. The van der Waals surface area contributed by atoms with E-state index < -0.39 is 36.6 Å². The fourth-order valence-corrected chi connectivity index (χ4v) is 2.24. The molecule has 0 heterocycles. The van der Waals surface area contributed by atoms with Crippen molar-refractivity contribution in [3.05, 3.63) is 71.3 Å². The van der Waals surface area contributed by atoms with E-state index in [0.717, 1.165) is 29.8 Å². The first-order valence-corrected chi connectivity index (χ1v) is 7.74. The van der Waals surface area contributed by atoms with Crippen LogP contribution in [-0.2, 0) is 17.5 Å². The number of halogens is 3. The molecule has 0 fully saturated rings. The van der Waals surface area contributed by atoms with Gasteiger partial charge in [0.15, 0.2) is 0 Å². The maximum absolute atomic E-state index is 12.6. The zero-order valence-electron chi connectivity index (χ0n) is 13.6. The summed E-state index contributed by atoms with van der Waals surface area (Å²) in [7, 11) is 0. The van der Waals surface area contributed by atoms with Crippen LogP contribution in [0.3, 0.4) is 0 Å². The molecule has 2 aromatic rings. The maximum atomic E-state index is 12.6. The number of rotatable bonds is 6. The number of hydrogen-bond acceptors (Lipinski definition) is 4. The van der Waals surface area contributed by atoms with Gasteiger partial charge in [-0.25, -0.2) is 4.79 Å². The summed E-state index contributed by atoms with van der Waals surface area (Å²) in [6, 6.07) is 11.6. The number of ether oxygens (including phenoxy) is 1. The van der Waals surface area contributed by atoms with Gasteiger partial charge >= 0.3 is 12.3 Å². The predicted octanol–water partition coefficient (Wildman–Crippen LogP) is 3.03. The van der Waals surface area contributed by atoms with Gasteiger partial charge in [0.05, 0.1) is 18.2 Å². The number of aliphatic hydroxyl groups excluding tert-OH is 2. The van der Waals surface area contributed by atoms with Crippen LogP contribution in [0.2, 0.25) is 0 Å². The molecule has 0 saturated heterocycles. The van der Waals surface area contributed by atoms with Gasteiger partial charge in [-0.05, 0) is 23.3 Å². The van der Waals surface area contributed by atoms with E-state index in [1.165, 1.54) is 0 Å². The molecule has 2 aromatic carbocycles. The van der Waals surface area contributed by atoms with Gasteiger partial charge in [-0.3, -0.25) is 0 Å². The fraction of sp³-hybridized carbons (Fsp3) is 0.278. The molecule has 1 amide bonds. The highest BCUT2D eigenvalue weighted by Gasteiger charge is 2.31. The summed E-state index contributed by atoms with van der Waals surface area (Å²) in [5.41, 5.74) is 0.0242. The van der Waals surface area contributed by atoms with E-state index >= 15 is 0 Å². The van der Waals surface area contributed by atoms with Gasteiger partial charge in [0.25, 0.3) is 0 Å². The van der Waals surface area contributed by atoms with Crippen molar-refractivity contribution in [3.8, 4) is 0 Å². The molecule has 0 radical (unpaired) electrons. The third-order valence-corrected chi connectivity index (χ3v) is 3.67. The van der Waals surface area contributed by atoms with Crippen LogP contribution in [0, 0.1) is 0 Å². The van der Waals surface area contributed by atoms with Crippen LogP contribution in [0.4, 0.5) is 18.0 Å². The minimum atomic E-state index is -4.49. The molecule has 0 unspecified atom stereocenters. The molecule has 2 rings (SSSR count). The van der Waals surface area contributed by atoms with Gasteiger partial charge < -0.3 is 20.3 Å². The lowest BCUT2D eigenvalue weighted by molar-refractivity contribution is -0.137. The standard InChI is InChI=1S/C18H18F3NO4/c19-18(20,21)14-8-6-13(7-9-14)16(24)15(10-23)22-17(25)26-11-12-4-2-1-3-5-12/h1-9,15-16,23-24H,10-11H2,(H,22,25)/t15-,16-/m1/s1. The molecule has 0 aliphatic rings. The highest BCUT2D eigenvalue weighted by molar-refractivity contribution is 5.67. The van der Waals surface area contributed by atoms with Crippen LogP contribution in [0.15, 0.2) is 54.6 Å². The summed E-state index contributed by atoms with van der Waals surface area (Å²) in [5.74, 6) is 0. The lowest BCUT2D eigenvalue weighted by atomic mass is 10.0. The minimum Gasteiger partial charge on any atom is -0.445 e. The lowest BCUT2D eigenvalue weighted by Gasteiger charge is -2.22. The van der Waals surface area contributed by atoms with Crippen molar-refractivity contribution in [1.82, 2.24) is 5.32 Å². The quantitative estimate of drug-likeness (QED) is 0.731. The summed E-state index contributed by atoms with van der Waals surface area (Å²) in [6.07, 6.45) is -6.75.